The molecule has 2 saturated heterocycles. The van der Waals surface area contributed by atoms with Crippen LogP contribution in [0.15, 0.2) is 36.5 Å². The van der Waals surface area contributed by atoms with Crippen molar-refractivity contribution < 1.29 is 73.8 Å². The normalized spacial score (nSPS) is 25.4. The number of carbonyl (C=O) groups is 2. The van der Waals surface area contributed by atoms with E-state index >= 15 is 0 Å². The molecule has 2 aliphatic rings. The van der Waals surface area contributed by atoms with Crippen LogP contribution in [0.3, 0.4) is 0 Å². The van der Waals surface area contributed by atoms with Gasteiger partial charge in [-0.3, -0.25) is 9.59 Å². The van der Waals surface area contributed by atoms with Gasteiger partial charge >= 0.3 is 11.9 Å². The third-order valence-corrected chi connectivity index (χ3v) is 13.4. The number of allylic oxidation sites excluding steroid dienone is 6. The zero-order valence-electron chi connectivity index (χ0n) is 44.0. The molecule has 0 amide bonds. The van der Waals surface area contributed by atoms with Crippen LogP contribution in [0, 0.1) is 0 Å². The van der Waals surface area contributed by atoms with Crippen molar-refractivity contribution >= 4 is 11.9 Å². The summed E-state index contributed by atoms with van der Waals surface area (Å²) >= 11 is 0. The van der Waals surface area contributed by atoms with Gasteiger partial charge in [0.25, 0.3) is 0 Å². The van der Waals surface area contributed by atoms with Gasteiger partial charge < -0.3 is 64.2 Å². The van der Waals surface area contributed by atoms with Gasteiger partial charge in [-0.1, -0.05) is 192 Å². The molecule has 0 radical (unpaired) electrons. The first-order valence-corrected chi connectivity index (χ1v) is 28.1. The van der Waals surface area contributed by atoms with E-state index in [9.17, 15) is 45.3 Å². The first-order valence-electron chi connectivity index (χ1n) is 28.1. The van der Waals surface area contributed by atoms with E-state index in [1.54, 1.807) is 0 Å². The Kier molecular flexibility index (Phi) is 39.3. The fourth-order valence-electron chi connectivity index (χ4n) is 8.82. The van der Waals surface area contributed by atoms with E-state index in [1.807, 2.05) is 0 Å². The monoisotopic (exact) mass is 1010 g/mol. The summed E-state index contributed by atoms with van der Waals surface area (Å²) in [4.78, 5) is 25.8. The summed E-state index contributed by atoms with van der Waals surface area (Å²) in [6.07, 6.45) is 30.3. The average molecular weight is 1010 g/mol. The van der Waals surface area contributed by atoms with Crippen molar-refractivity contribution in [2.24, 2.45) is 0 Å². The van der Waals surface area contributed by atoms with Gasteiger partial charge in [0.1, 0.15) is 55.4 Å². The minimum Gasteiger partial charge on any atom is -0.462 e. The molecule has 15 nitrogen and oxygen atoms in total. The van der Waals surface area contributed by atoms with Crippen molar-refractivity contribution in [3.8, 4) is 0 Å². The molecule has 0 aliphatic carbocycles. The smallest absolute Gasteiger partial charge is 0.306 e. The number of aliphatic hydroxyl groups excluding tert-OH is 7. The first kappa shape index (κ1) is 64.8. The van der Waals surface area contributed by atoms with Crippen LogP contribution in [-0.4, -0.2) is 142 Å². The second-order valence-electron chi connectivity index (χ2n) is 19.7. The van der Waals surface area contributed by atoms with E-state index in [0.29, 0.717) is 12.8 Å². The third kappa shape index (κ3) is 30.6. The first-order chi connectivity index (χ1) is 34.5. The highest BCUT2D eigenvalue weighted by atomic mass is 16.7. The predicted octanol–water partition coefficient (Wildman–Crippen LogP) is 8.88. The molecular formula is C56H100O15. The summed E-state index contributed by atoms with van der Waals surface area (Å²) in [5.74, 6) is -0.936. The van der Waals surface area contributed by atoms with E-state index in [4.69, 9.17) is 28.4 Å². The molecule has 7 N–H and O–H groups in total. The van der Waals surface area contributed by atoms with Crippen LogP contribution in [0.2, 0.25) is 0 Å². The lowest BCUT2D eigenvalue weighted by Gasteiger charge is -2.42. The number of hydrogen-bond acceptors (Lipinski definition) is 15. The van der Waals surface area contributed by atoms with Crippen LogP contribution in [0.1, 0.15) is 213 Å². The highest BCUT2D eigenvalue weighted by molar-refractivity contribution is 5.70. The molecule has 2 fully saturated rings. The molecule has 414 valence electrons. The van der Waals surface area contributed by atoms with E-state index < -0.39 is 92.7 Å². The van der Waals surface area contributed by atoms with Gasteiger partial charge in [-0.25, -0.2) is 0 Å². The Morgan fingerprint density at radius 3 is 1.39 bits per heavy atom. The molecule has 2 aliphatic heterocycles. The minimum absolute atomic E-state index is 0.147. The Balaban J connectivity index is 1.76. The maximum Gasteiger partial charge on any atom is 0.306 e. The summed E-state index contributed by atoms with van der Waals surface area (Å²) in [5, 5.41) is 72.2. The molecular weight excluding hydrogens is 913 g/mol. The highest BCUT2D eigenvalue weighted by Crippen LogP contribution is 2.27. The number of hydrogen-bond donors (Lipinski definition) is 7. The van der Waals surface area contributed by atoms with Crippen molar-refractivity contribution in [2.75, 3.05) is 26.4 Å². The topological polar surface area (TPSA) is 231 Å². The fourth-order valence-corrected chi connectivity index (χ4v) is 8.82. The number of carbonyl (C=O) groups excluding carboxylic acids is 2. The second kappa shape index (κ2) is 43.0. The maximum absolute atomic E-state index is 13.0. The second-order valence-corrected chi connectivity index (χ2v) is 19.7. The number of unbranched alkanes of at least 4 members (excludes halogenated alkanes) is 24. The van der Waals surface area contributed by atoms with Crippen LogP contribution in [0.5, 0.6) is 0 Å². The van der Waals surface area contributed by atoms with Gasteiger partial charge in [0, 0.05) is 12.8 Å². The van der Waals surface area contributed by atoms with Gasteiger partial charge in [0.05, 0.1) is 19.8 Å². The maximum atomic E-state index is 13.0. The van der Waals surface area contributed by atoms with Gasteiger partial charge in [0.2, 0.25) is 0 Å². The van der Waals surface area contributed by atoms with Crippen LogP contribution >= 0.6 is 0 Å². The molecule has 0 spiro atoms. The zero-order valence-corrected chi connectivity index (χ0v) is 44.0. The lowest BCUT2D eigenvalue weighted by Crippen LogP contribution is -2.61. The number of aliphatic hydroxyl groups is 7. The third-order valence-electron chi connectivity index (χ3n) is 13.4. The molecule has 2 heterocycles. The van der Waals surface area contributed by atoms with Gasteiger partial charge in [-0.05, 0) is 44.9 Å². The van der Waals surface area contributed by atoms with Gasteiger partial charge in [-0.2, -0.15) is 0 Å². The average Bonchev–Trinajstić information content (AvgIpc) is 3.36. The Hall–Kier alpha value is -2.28. The molecule has 0 aromatic heterocycles. The molecule has 0 bridgehead atoms. The number of esters is 2. The van der Waals surface area contributed by atoms with Crippen LogP contribution in [-0.2, 0) is 38.0 Å². The van der Waals surface area contributed by atoms with Crippen molar-refractivity contribution in [3.05, 3.63) is 36.5 Å². The van der Waals surface area contributed by atoms with Crippen molar-refractivity contribution in [1.82, 2.24) is 0 Å². The lowest BCUT2D eigenvalue weighted by molar-refractivity contribution is -0.332. The number of ether oxygens (including phenoxy) is 6. The molecule has 0 saturated carbocycles. The van der Waals surface area contributed by atoms with Crippen LogP contribution < -0.4 is 0 Å². The summed E-state index contributed by atoms with van der Waals surface area (Å²) in [7, 11) is 0. The summed E-state index contributed by atoms with van der Waals surface area (Å²) in [5.41, 5.74) is 0. The molecule has 0 aromatic carbocycles. The fraction of sp³-hybridized carbons (Fsp3) is 0.857. The van der Waals surface area contributed by atoms with Gasteiger partial charge in [0.15, 0.2) is 18.7 Å². The summed E-state index contributed by atoms with van der Waals surface area (Å²) < 4.78 is 33.6. The molecule has 2 rings (SSSR count). The molecule has 71 heavy (non-hydrogen) atoms. The summed E-state index contributed by atoms with van der Waals surface area (Å²) in [6.45, 7) is 2.49. The van der Waals surface area contributed by atoms with E-state index in [2.05, 4.69) is 50.3 Å². The molecule has 4 unspecified atom stereocenters. The zero-order chi connectivity index (χ0) is 51.7. The summed E-state index contributed by atoms with van der Waals surface area (Å²) in [6, 6.07) is 0. The number of rotatable bonds is 44. The molecule has 11 atom stereocenters. The van der Waals surface area contributed by atoms with Crippen LogP contribution in [0.4, 0.5) is 0 Å². The standard InChI is InChI=1S/C56H100O15/c1-3-5-7-9-11-13-15-17-19-20-21-22-23-25-26-28-30-32-34-36-38-47(58)66-41-44(69-48(59)39-37-35-33-31-29-27-24-18-16-14-12-10-8-6-4-2)42-67-55-54(65)52(63)50(61)46(71-55)43-68-56-53(64)51(62)49(60)45(40-57)70-56/h6,8,12,14,18,24,44-46,49-57,60-65H,3-5,7,9-11,13,15-17,19-23,25-43H2,1-2H3/b8-6+,14-12+,24-18+/t44-,45+,46+,49-,50-,51?,52?,53?,54?,55+,56+/m0/s1. The Labute approximate surface area is 427 Å². The molecule has 15 heteroatoms. The Bertz CT molecular complexity index is 1380. The predicted molar refractivity (Wildman–Crippen MR) is 275 cm³/mol. The largest absolute Gasteiger partial charge is 0.462 e. The molecule has 0 aromatic rings. The highest BCUT2D eigenvalue weighted by Gasteiger charge is 2.47. The quantitative estimate of drug-likeness (QED) is 0.0172. The Morgan fingerprint density at radius 1 is 0.465 bits per heavy atom. The Morgan fingerprint density at radius 2 is 0.887 bits per heavy atom. The van der Waals surface area contributed by atoms with E-state index in [0.717, 1.165) is 70.6 Å². The van der Waals surface area contributed by atoms with E-state index in [1.165, 1.54) is 103 Å². The van der Waals surface area contributed by atoms with Crippen LogP contribution in [0.25, 0.3) is 0 Å². The SMILES string of the molecule is CC/C=C/C/C=C/C/C=C/CCCCCCCC(=O)O[C@@H](COC(=O)CCCCCCCCCCCCCCCCCCCCCC)CO[C@@H]1O[C@H](CO[C@@H]2O[C@H](CO)[C@H](O)C(O)C2O)[C@H](O)C(O)C1O. The van der Waals surface area contributed by atoms with Crippen molar-refractivity contribution in [1.29, 1.82) is 0 Å². The van der Waals surface area contributed by atoms with Gasteiger partial charge in [-0.15, -0.1) is 0 Å². The minimum atomic E-state index is -1.77. The van der Waals surface area contributed by atoms with Crippen molar-refractivity contribution in [2.45, 2.75) is 280 Å². The van der Waals surface area contributed by atoms with E-state index in [-0.39, 0.29) is 26.1 Å². The van der Waals surface area contributed by atoms with Crippen molar-refractivity contribution in [3.63, 3.8) is 0 Å². The lowest BCUT2D eigenvalue weighted by atomic mass is 9.98.